The van der Waals surface area contributed by atoms with Crippen molar-refractivity contribution in [1.82, 2.24) is 10.2 Å². The Labute approximate surface area is 160 Å². The fraction of sp³-hybridized carbons (Fsp3) is 0.615. The molecule has 0 saturated heterocycles. The van der Waals surface area contributed by atoms with Gasteiger partial charge in [0.2, 0.25) is 11.8 Å². The van der Waals surface area contributed by atoms with E-state index >= 15 is 0 Å². The maximum atomic E-state index is 12.5. The zero-order valence-corrected chi connectivity index (χ0v) is 16.3. The van der Waals surface area contributed by atoms with Crippen molar-refractivity contribution >= 4 is 37.8 Å². The van der Waals surface area contributed by atoms with Crippen molar-refractivity contribution in [3.05, 3.63) is 44.2 Å². The molecular formula is C13H18Br2N4O6. The second-order valence-corrected chi connectivity index (χ2v) is 6.65. The van der Waals surface area contributed by atoms with Gasteiger partial charge in [-0.25, -0.2) is 4.90 Å². The zero-order chi connectivity index (χ0) is 19.0. The third-order valence-corrected chi connectivity index (χ3v) is 4.43. The van der Waals surface area contributed by atoms with Crippen molar-refractivity contribution in [2.24, 2.45) is 5.92 Å². The SMILES string of the molecule is O=C(NCCO)C1C([N+](=O)[O-])=CC=CC1(N(CCBr)CCBr)[N+](=O)[O-]. The first kappa shape index (κ1) is 21.7. The number of nitrogens with one attached hydrogen (secondary N) is 1. The molecule has 1 aliphatic carbocycles. The lowest BCUT2D eigenvalue weighted by Crippen LogP contribution is -2.64. The zero-order valence-electron chi connectivity index (χ0n) is 13.1. The second kappa shape index (κ2) is 9.94. The third kappa shape index (κ3) is 4.63. The van der Waals surface area contributed by atoms with E-state index in [1.807, 2.05) is 0 Å². The number of halogens is 2. The lowest BCUT2D eigenvalue weighted by atomic mass is 9.83. The average Bonchev–Trinajstić information content (AvgIpc) is 2.58. The van der Waals surface area contributed by atoms with E-state index in [9.17, 15) is 25.0 Å². The molecular weight excluding hydrogens is 468 g/mol. The minimum atomic E-state index is -2.10. The van der Waals surface area contributed by atoms with Gasteiger partial charge < -0.3 is 10.4 Å². The number of allylic oxidation sites excluding steroid dienone is 2. The monoisotopic (exact) mass is 484 g/mol. The Morgan fingerprint density at radius 1 is 1.32 bits per heavy atom. The number of carbonyl (C=O) groups excluding carboxylic acids is 1. The highest BCUT2D eigenvalue weighted by molar-refractivity contribution is 9.09. The predicted molar refractivity (Wildman–Crippen MR) is 96.7 cm³/mol. The van der Waals surface area contributed by atoms with Gasteiger partial charge >= 0.3 is 5.66 Å². The van der Waals surface area contributed by atoms with Crippen LogP contribution in [-0.4, -0.2) is 68.3 Å². The minimum Gasteiger partial charge on any atom is -0.395 e. The van der Waals surface area contributed by atoms with Crippen LogP contribution in [-0.2, 0) is 4.79 Å². The number of nitrogens with zero attached hydrogens (tertiary/aromatic N) is 3. The molecule has 0 heterocycles. The molecule has 0 aromatic rings. The second-order valence-electron chi connectivity index (χ2n) is 5.06. The first-order valence-corrected chi connectivity index (χ1v) is 9.54. The summed E-state index contributed by atoms with van der Waals surface area (Å²) in [5.74, 6) is -2.54. The largest absolute Gasteiger partial charge is 0.395 e. The normalized spacial score (nSPS) is 22.6. The summed E-state index contributed by atoms with van der Waals surface area (Å²) in [6.45, 7) is -0.143. The van der Waals surface area contributed by atoms with Crippen LogP contribution in [0.25, 0.3) is 0 Å². The van der Waals surface area contributed by atoms with Crippen LogP contribution in [0.15, 0.2) is 23.9 Å². The molecule has 0 radical (unpaired) electrons. The van der Waals surface area contributed by atoms with Crippen LogP contribution in [0.2, 0.25) is 0 Å². The van der Waals surface area contributed by atoms with E-state index in [2.05, 4.69) is 37.2 Å². The van der Waals surface area contributed by atoms with Crippen LogP contribution >= 0.6 is 31.9 Å². The number of aliphatic hydroxyl groups is 1. The Bertz CT molecular complexity index is 579. The van der Waals surface area contributed by atoms with Gasteiger partial charge in [-0.1, -0.05) is 37.9 Å². The molecule has 25 heavy (non-hydrogen) atoms. The minimum absolute atomic E-state index is 0.158. The molecule has 1 amide bonds. The standard InChI is InChI=1S/C13H18Br2N4O6/c14-4-7-17(8-5-15)13(19(24)25)3-1-2-10(18(22)23)11(13)12(21)16-6-9-20/h1-3,11,20H,4-9H2,(H,16,21). The molecule has 0 aliphatic heterocycles. The number of hydrogen-bond donors (Lipinski definition) is 2. The summed E-state index contributed by atoms with van der Waals surface area (Å²) in [5.41, 5.74) is -2.66. The van der Waals surface area contributed by atoms with E-state index in [4.69, 9.17) is 5.11 Å². The molecule has 2 unspecified atom stereocenters. The molecule has 140 valence electrons. The Morgan fingerprint density at radius 2 is 1.92 bits per heavy atom. The summed E-state index contributed by atoms with van der Waals surface area (Å²) >= 11 is 6.43. The molecule has 0 spiro atoms. The van der Waals surface area contributed by atoms with Gasteiger partial charge in [0.1, 0.15) is 0 Å². The summed E-state index contributed by atoms with van der Waals surface area (Å²) in [6.07, 6.45) is 3.52. The number of nitro groups is 2. The van der Waals surface area contributed by atoms with Gasteiger partial charge in [0.15, 0.2) is 0 Å². The van der Waals surface area contributed by atoms with Crippen molar-refractivity contribution in [3.8, 4) is 0 Å². The van der Waals surface area contributed by atoms with Crippen LogP contribution in [0.3, 0.4) is 0 Å². The van der Waals surface area contributed by atoms with E-state index in [0.29, 0.717) is 10.7 Å². The fourth-order valence-corrected chi connectivity index (χ4v) is 3.57. The van der Waals surface area contributed by atoms with Crippen molar-refractivity contribution in [3.63, 3.8) is 0 Å². The van der Waals surface area contributed by atoms with Gasteiger partial charge in [0.05, 0.1) is 11.5 Å². The fourth-order valence-electron chi connectivity index (χ4n) is 2.72. The van der Waals surface area contributed by atoms with Gasteiger partial charge in [-0.3, -0.25) is 25.0 Å². The van der Waals surface area contributed by atoms with Gasteiger partial charge in [0.25, 0.3) is 5.70 Å². The topological polar surface area (TPSA) is 139 Å². The Hall–Kier alpha value is -1.37. The average molecular weight is 486 g/mol. The molecule has 0 bridgehead atoms. The number of aliphatic hydroxyl groups excluding tert-OH is 1. The molecule has 1 aliphatic rings. The molecule has 0 saturated carbocycles. The number of rotatable bonds is 10. The smallest absolute Gasteiger partial charge is 0.318 e. The quantitative estimate of drug-likeness (QED) is 0.199. The Kier molecular flexibility index (Phi) is 8.62. The lowest BCUT2D eigenvalue weighted by molar-refractivity contribution is -0.599. The molecule has 2 atom stereocenters. The highest BCUT2D eigenvalue weighted by atomic mass is 79.9. The molecule has 0 aromatic carbocycles. The van der Waals surface area contributed by atoms with Gasteiger partial charge in [0, 0.05) is 47.4 Å². The van der Waals surface area contributed by atoms with Crippen LogP contribution in [0.4, 0.5) is 0 Å². The lowest BCUT2D eigenvalue weighted by Gasteiger charge is -2.38. The molecule has 2 N–H and O–H groups in total. The summed E-state index contributed by atoms with van der Waals surface area (Å²) in [6, 6.07) is 0. The third-order valence-electron chi connectivity index (χ3n) is 3.72. The number of amides is 1. The van der Waals surface area contributed by atoms with E-state index in [-0.39, 0.29) is 26.2 Å². The summed E-state index contributed by atoms with van der Waals surface area (Å²) in [4.78, 5) is 35.9. The van der Waals surface area contributed by atoms with E-state index in [1.165, 1.54) is 17.1 Å². The van der Waals surface area contributed by atoms with Crippen LogP contribution in [0.5, 0.6) is 0 Å². The molecule has 10 nitrogen and oxygen atoms in total. The highest BCUT2D eigenvalue weighted by Gasteiger charge is 2.62. The van der Waals surface area contributed by atoms with Gasteiger partial charge in [-0.2, -0.15) is 0 Å². The van der Waals surface area contributed by atoms with E-state index in [1.54, 1.807) is 0 Å². The maximum Gasteiger partial charge on any atom is 0.318 e. The summed E-state index contributed by atoms with van der Waals surface area (Å²) in [7, 11) is 0. The van der Waals surface area contributed by atoms with Crippen molar-refractivity contribution in [2.45, 2.75) is 5.66 Å². The van der Waals surface area contributed by atoms with Crippen LogP contribution in [0, 0.1) is 26.1 Å². The first-order chi connectivity index (χ1) is 11.9. The van der Waals surface area contributed by atoms with Gasteiger partial charge in [-0.05, 0) is 0 Å². The number of alkyl halides is 2. The van der Waals surface area contributed by atoms with Crippen molar-refractivity contribution in [2.75, 3.05) is 36.9 Å². The molecule has 12 heteroatoms. The summed E-state index contributed by atoms with van der Waals surface area (Å²) < 4.78 is 0. The van der Waals surface area contributed by atoms with E-state index in [0.717, 1.165) is 6.08 Å². The van der Waals surface area contributed by atoms with Crippen molar-refractivity contribution < 1.29 is 19.7 Å². The van der Waals surface area contributed by atoms with Gasteiger partial charge in [-0.15, -0.1) is 0 Å². The molecule has 0 aromatic heterocycles. The molecule has 0 fully saturated rings. The van der Waals surface area contributed by atoms with Crippen LogP contribution in [0.1, 0.15) is 0 Å². The summed E-state index contributed by atoms with van der Waals surface area (Å²) in [5, 5.41) is 35.4. The Balaban J connectivity index is 3.50. The number of carbonyl (C=O) groups is 1. The van der Waals surface area contributed by atoms with Crippen molar-refractivity contribution in [1.29, 1.82) is 0 Å². The van der Waals surface area contributed by atoms with E-state index < -0.39 is 33.0 Å². The first-order valence-electron chi connectivity index (χ1n) is 7.30. The molecule has 1 rings (SSSR count). The maximum absolute atomic E-state index is 12.5. The number of hydrogen-bond acceptors (Lipinski definition) is 7. The predicted octanol–water partition coefficient (Wildman–Crippen LogP) is 0.506. The van der Waals surface area contributed by atoms with Crippen LogP contribution < -0.4 is 5.32 Å². The highest BCUT2D eigenvalue weighted by Crippen LogP contribution is 2.36. The Morgan fingerprint density at radius 3 is 2.36 bits per heavy atom.